The standard InChI is InChI=1S/C14H17ClN2O3/c1-9-11(15)4-3-5-12(9)16-13(18)7-6-10-8-17(2)14(19)20-10/h3-5,10H,6-8H2,1-2H3,(H,16,18). The molecule has 1 aliphatic heterocycles. The van der Waals surface area contributed by atoms with Crippen molar-refractivity contribution in [1.82, 2.24) is 4.90 Å². The van der Waals surface area contributed by atoms with Crippen molar-refractivity contribution in [2.24, 2.45) is 0 Å². The lowest BCUT2D eigenvalue weighted by molar-refractivity contribution is -0.116. The predicted octanol–water partition coefficient (Wildman–Crippen LogP) is 2.82. The summed E-state index contributed by atoms with van der Waals surface area (Å²) < 4.78 is 5.10. The number of rotatable bonds is 4. The molecular formula is C14H17ClN2O3. The third kappa shape index (κ3) is 3.42. The molecule has 0 aliphatic carbocycles. The monoisotopic (exact) mass is 296 g/mol. The van der Waals surface area contributed by atoms with E-state index >= 15 is 0 Å². The SMILES string of the molecule is Cc1c(Cl)cccc1NC(=O)CCC1CN(C)C(=O)O1. The van der Waals surface area contributed by atoms with Gasteiger partial charge >= 0.3 is 6.09 Å². The van der Waals surface area contributed by atoms with Gasteiger partial charge in [0, 0.05) is 24.2 Å². The number of benzene rings is 1. The van der Waals surface area contributed by atoms with Gasteiger partial charge in [-0.15, -0.1) is 0 Å². The van der Waals surface area contributed by atoms with E-state index in [1.807, 2.05) is 13.0 Å². The van der Waals surface area contributed by atoms with Gasteiger partial charge in [0.2, 0.25) is 5.91 Å². The predicted molar refractivity (Wildman–Crippen MR) is 77.0 cm³/mol. The van der Waals surface area contributed by atoms with Crippen LogP contribution < -0.4 is 5.32 Å². The number of likely N-dealkylation sites (N-methyl/N-ethyl adjacent to an activating group) is 1. The van der Waals surface area contributed by atoms with Crippen LogP contribution in [-0.4, -0.2) is 36.6 Å². The van der Waals surface area contributed by atoms with E-state index in [0.717, 1.165) is 5.56 Å². The Balaban J connectivity index is 1.84. The molecule has 1 saturated heterocycles. The number of amides is 2. The number of anilines is 1. The van der Waals surface area contributed by atoms with Gasteiger partial charge in [-0.1, -0.05) is 17.7 Å². The molecule has 1 aliphatic rings. The van der Waals surface area contributed by atoms with E-state index in [4.69, 9.17) is 16.3 Å². The molecule has 1 N–H and O–H groups in total. The Morgan fingerprint density at radius 2 is 2.30 bits per heavy atom. The van der Waals surface area contributed by atoms with E-state index in [1.54, 1.807) is 19.2 Å². The fourth-order valence-corrected chi connectivity index (χ4v) is 2.22. The molecule has 5 nitrogen and oxygen atoms in total. The molecule has 0 bridgehead atoms. The van der Waals surface area contributed by atoms with Gasteiger partial charge in [0.05, 0.1) is 6.54 Å². The van der Waals surface area contributed by atoms with E-state index in [-0.39, 0.29) is 18.1 Å². The maximum atomic E-state index is 11.9. The van der Waals surface area contributed by atoms with Crippen LogP contribution in [0.4, 0.5) is 10.5 Å². The summed E-state index contributed by atoms with van der Waals surface area (Å²) >= 11 is 6.00. The van der Waals surface area contributed by atoms with E-state index < -0.39 is 0 Å². The van der Waals surface area contributed by atoms with Gasteiger partial charge in [-0.2, -0.15) is 0 Å². The highest BCUT2D eigenvalue weighted by Crippen LogP contribution is 2.23. The average molecular weight is 297 g/mol. The van der Waals surface area contributed by atoms with Crippen LogP contribution in [0.15, 0.2) is 18.2 Å². The number of ether oxygens (including phenoxy) is 1. The molecule has 0 spiro atoms. The van der Waals surface area contributed by atoms with Gasteiger partial charge in [-0.05, 0) is 31.0 Å². The van der Waals surface area contributed by atoms with Crippen molar-refractivity contribution in [1.29, 1.82) is 0 Å². The van der Waals surface area contributed by atoms with Crippen molar-refractivity contribution >= 4 is 29.3 Å². The van der Waals surface area contributed by atoms with Gasteiger partial charge in [-0.3, -0.25) is 4.79 Å². The third-order valence-corrected chi connectivity index (χ3v) is 3.70. The molecule has 1 fully saturated rings. The summed E-state index contributed by atoms with van der Waals surface area (Å²) in [5, 5.41) is 3.44. The van der Waals surface area contributed by atoms with E-state index in [1.165, 1.54) is 4.90 Å². The summed E-state index contributed by atoms with van der Waals surface area (Å²) in [6.45, 7) is 2.38. The Morgan fingerprint density at radius 1 is 1.55 bits per heavy atom. The summed E-state index contributed by atoms with van der Waals surface area (Å²) in [6.07, 6.45) is 0.277. The summed E-state index contributed by atoms with van der Waals surface area (Å²) in [5.41, 5.74) is 1.55. The number of nitrogens with zero attached hydrogens (tertiary/aromatic N) is 1. The van der Waals surface area contributed by atoms with Crippen LogP contribution in [0.1, 0.15) is 18.4 Å². The number of halogens is 1. The first-order valence-corrected chi connectivity index (χ1v) is 6.82. The smallest absolute Gasteiger partial charge is 0.409 e. The molecule has 1 aromatic carbocycles. The van der Waals surface area contributed by atoms with Crippen molar-refractivity contribution in [2.75, 3.05) is 18.9 Å². The Hall–Kier alpha value is -1.75. The van der Waals surface area contributed by atoms with Crippen molar-refractivity contribution in [3.05, 3.63) is 28.8 Å². The Kier molecular flexibility index (Phi) is 4.49. The van der Waals surface area contributed by atoms with Crippen LogP contribution >= 0.6 is 11.6 Å². The zero-order chi connectivity index (χ0) is 14.7. The highest BCUT2D eigenvalue weighted by atomic mass is 35.5. The second-order valence-corrected chi connectivity index (χ2v) is 5.29. The summed E-state index contributed by atoms with van der Waals surface area (Å²) in [5.74, 6) is -0.110. The highest BCUT2D eigenvalue weighted by Gasteiger charge is 2.28. The molecule has 1 unspecified atom stereocenters. The minimum absolute atomic E-state index is 0.110. The minimum atomic E-state index is -0.332. The van der Waals surface area contributed by atoms with Crippen molar-refractivity contribution < 1.29 is 14.3 Å². The number of nitrogens with one attached hydrogen (secondary N) is 1. The Morgan fingerprint density at radius 3 is 2.95 bits per heavy atom. The quantitative estimate of drug-likeness (QED) is 0.929. The van der Waals surface area contributed by atoms with Gasteiger partial charge in [0.1, 0.15) is 6.10 Å². The molecule has 6 heteroatoms. The van der Waals surface area contributed by atoms with E-state index in [2.05, 4.69) is 5.32 Å². The Labute approximate surface area is 122 Å². The van der Waals surface area contributed by atoms with E-state index in [0.29, 0.717) is 30.1 Å². The van der Waals surface area contributed by atoms with Crippen LogP contribution in [0, 0.1) is 6.92 Å². The molecule has 1 atom stereocenters. The van der Waals surface area contributed by atoms with Gasteiger partial charge in [0.15, 0.2) is 0 Å². The summed E-state index contributed by atoms with van der Waals surface area (Å²) in [7, 11) is 1.68. The number of carbonyl (C=O) groups is 2. The lowest BCUT2D eigenvalue weighted by atomic mass is 10.1. The van der Waals surface area contributed by atoms with Crippen molar-refractivity contribution in [3.63, 3.8) is 0 Å². The molecule has 2 rings (SSSR count). The van der Waals surface area contributed by atoms with Crippen LogP contribution in [-0.2, 0) is 9.53 Å². The van der Waals surface area contributed by atoms with Crippen LogP contribution in [0.5, 0.6) is 0 Å². The molecule has 0 aromatic heterocycles. The molecule has 1 heterocycles. The summed E-state index contributed by atoms with van der Waals surface area (Å²) in [6, 6.07) is 5.38. The molecule has 0 saturated carbocycles. The lowest BCUT2D eigenvalue weighted by Crippen LogP contribution is -2.20. The van der Waals surface area contributed by atoms with Gasteiger partial charge in [-0.25, -0.2) is 4.79 Å². The zero-order valence-corrected chi connectivity index (χ0v) is 12.2. The lowest BCUT2D eigenvalue weighted by Gasteiger charge is -2.11. The van der Waals surface area contributed by atoms with Crippen LogP contribution in [0.25, 0.3) is 0 Å². The second kappa shape index (κ2) is 6.13. The average Bonchev–Trinajstić information content (AvgIpc) is 2.72. The van der Waals surface area contributed by atoms with Crippen LogP contribution in [0.3, 0.4) is 0 Å². The molecule has 20 heavy (non-hydrogen) atoms. The topological polar surface area (TPSA) is 58.6 Å². The summed E-state index contributed by atoms with van der Waals surface area (Å²) in [4.78, 5) is 24.6. The molecule has 1 aromatic rings. The maximum Gasteiger partial charge on any atom is 0.409 e. The van der Waals surface area contributed by atoms with Crippen molar-refractivity contribution in [3.8, 4) is 0 Å². The van der Waals surface area contributed by atoms with Crippen LogP contribution in [0.2, 0.25) is 5.02 Å². The Bertz CT molecular complexity index is 533. The highest BCUT2D eigenvalue weighted by molar-refractivity contribution is 6.31. The molecular weight excluding hydrogens is 280 g/mol. The number of cyclic esters (lactones) is 1. The molecule has 0 radical (unpaired) electrons. The van der Waals surface area contributed by atoms with Crippen molar-refractivity contribution in [2.45, 2.75) is 25.9 Å². The maximum absolute atomic E-state index is 11.9. The largest absolute Gasteiger partial charge is 0.444 e. The molecule has 108 valence electrons. The van der Waals surface area contributed by atoms with Gasteiger partial charge < -0.3 is 15.0 Å². The third-order valence-electron chi connectivity index (χ3n) is 3.29. The normalized spacial score (nSPS) is 18.1. The second-order valence-electron chi connectivity index (χ2n) is 4.89. The minimum Gasteiger partial charge on any atom is -0.444 e. The molecule has 2 amide bonds. The van der Waals surface area contributed by atoms with Gasteiger partial charge in [0.25, 0.3) is 0 Å². The number of hydrogen-bond acceptors (Lipinski definition) is 3. The fourth-order valence-electron chi connectivity index (χ4n) is 2.05. The first-order chi connectivity index (χ1) is 9.47. The number of hydrogen-bond donors (Lipinski definition) is 1. The first-order valence-electron chi connectivity index (χ1n) is 6.44. The number of carbonyl (C=O) groups excluding carboxylic acids is 2. The van der Waals surface area contributed by atoms with E-state index in [9.17, 15) is 9.59 Å². The first kappa shape index (κ1) is 14.7. The fraction of sp³-hybridized carbons (Fsp3) is 0.429. The zero-order valence-electron chi connectivity index (χ0n) is 11.5.